The van der Waals surface area contributed by atoms with Gasteiger partial charge in [0.05, 0.1) is 4.47 Å². The summed E-state index contributed by atoms with van der Waals surface area (Å²) in [6.07, 6.45) is 0. The van der Waals surface area contributed by atoms with Gasteiger partial charge in [0.1, 0.15) is 5.75 Å². The summed E-state index contributed by atoms with van der Waals surface area (Å²) in [6.45, 7) is 1.77. The molecular weight excluding hydrogens is 432 g/mol. The van der Waals surface area contributed by atoms with Crippen molar-refractivity contribution in [3.8, 4) is 5.75 Å². The molecule has 2 aromatic rings. The first-order chi connectivity index (χ1) is 10.4. The number of thiocarbonyl (C=S) groups is 1. The number of hydrogen-bond donors (Lipinski definition) is 3. The Kier molecular flexibility index (Phi) is 5.55. The van der Waals surface area contributed by atoms with E-state index in [1.165, 1.54) is 0 Å². The van der Waals surface area contributed by atoms with Crippen LogP contribution >= 0.6 is 44.1 Å². The van der Waals surface area contributed by atoms with Gasteiger partial charge in [0.2, 0.25) is 0 Å². The number of nitrogens with one attached hydrogen (secondary N) is 2. The van der Waals surface area contributed by atoms with Crippen LogP contribution in [0.4, 0.5) is 5.69 Å². The average Bonchev–Trinajstić information content (AvgIpc) is 2.45. The maximum absolute atomic E-state index is 12.0. The summed E-state index contributed by atoms with van der Waals surface area (Å²) in [6, 6.07) is 10.4. The minimum absolute atomic E-state index is 0.176. The third-order valence-corrected chi connectivity index (χ3v) is 4.18. The second-order valence-electron chi connectivity index (χ2n) is 4.54. The first kappa shape index (κ1) is 16.9. The second kappa shape index (κ2) is 7.21. The summed E-state index contributed by atoms with van der Waals surface area (Å²) < 4.78 is 1.45. The topological polar surface area (TPSA) is 61.4 Å². The van der Waals surface area contributed by atoms with Crippen LogP contribution in [0.3, 0.4) is 0 Å². The molecular formula is C15H12Br2N2O2S. The van der Waals surface area contributed by atoms with Gasteiger partial charge in [0, 0.05) is 15.7 Å². The van der Waals surface area contributed by atoms with Crippen LogP contribution in [-0.2, 0) is 0 Å². The van der Waals surface area contributed by atoms with Gasteiger partial charge < -0.3 is 10.4 Å². The molecule has 0 heterocycles. The highest BCUT2D eigenvalue weighted by atomic mass is 79.9. The molecule has 3 N–H and O–H groups in total. The van der Waals surface area contributed by atoms with Crippen LogP contribution < -0.4 is 10.6 Å². The molecule has 0 unspecified atom stereocenters. The van der Waals surface area contributed by atoms with Crippen molar-refractivity contribution >= 4 is 60.8 Å². The molecule has 0 bridgehead atoms. The van der Waals surface area contributed by atoms with Gasteiger partial charge in [-0.3, -0.25) is 10.1 Å². The van der Waals surface area contributed by atoms with E-state index >= 15 is 0 Å². The third kappa shape index (κ3) is 4.28. The molecule has 0 atom stereocenters. The van der Waals surface area contributed by atoms with Gasteiger partial charge >= 0.3 is 0 Å². The molecule has 0 saturated heterocycles. The monoisotopic (exact) mass is 442 g/mol. The Morgan fingerprint density at radius 3 is 2.41 bits per heavy atom. The smallest absolute Gasteiger partial charge is 0.257 e. The summed E-state index contributed by atoms with van der Waals surface area (Å²) in [5.74, 6) is -0.116. The van der Waals surface area contributed by atoms with Crippen LogP contribution in [0.15, 0.2) is 45.3 Å². The van der Waals surface area contributed by atoms with Crippen LogP contribution in [0.1, 0.15) is 15.9 Å². The summed E-state index contributed by atoms with van der Waals surface area (Å²) in [4.78, 5) is 12.0. The zero-order valence-electron chi connectivity index (χ0n) is 11.5. The number of halogens is 2. The molecule has 0 saturated carbocycles. The summed E-state index contributed by atoms with van der Waals surface area (Å²) in [5.41, 5.74) is 1.87. The van der Waals surface area contributed by atoms with E-state index in [1.807, 2.05) is 0 Å². The minimum atomic E-state index is -0.292. The summed E-state index contributed by atoms with van der Waals surface area (Å²) >= 11 is 11.7. The number of amides is 1. The number of rotatable bonds is 2. The fraction of sp³-hybridized carbons (Fsp3) is 0.0667. The molecule has 114 valence electrons. The van der Waals surface area contributed by atoms with Gasteiger partial charge in [-0.05, 0) is 77.0 Å². The molecule has 2 aromatic carbocycles. The molecule has 4 nitrogen and oxygen atoms in total. The molecule has 22 heavy (non-hydrogen) atoms. The van der Waals surface area contributed by atoms with Crippen LogP contribution in [-0.4, -0.2) is 16.1 Å². The number of phenols is 1. The van der Waals surface area contributed by atoms with Crippen LogP contribution in [0, 0.1) is 6.92 Å². The molecule has 0 aliphatic heterocycles. The number of aromatic hydroxyl groups is 1. The number of carbonyl (C=O) groups excluding carboxylic acids is 1. The molecule has 0 fully saturated rings. The number of hydrogen-bond acceptors (Lipinski definition) is 3. The molecule has 0 aliphatic carbocycles. The maximum atomic E-state index is 12.0. The Hall–Kier alpha value is -1.44. The van der Waals surface area contributed by atoms with E-state index in [0.717, 1.165) is 4.47 Å². The SMILES string of the molecule is Cc1cc(NC(=S)NC(=O)c2ccc(Br)cc2)cc(Br)c1O. The summed E-state index contributed by atoms with van der Waals surface area (Å²) in [7, 11) is 0. The lowest BCUT2D eigenvalue weighted by Gasteiger charge is -2.11. The molecule has 7 heteroatoms. The average molecular weight is 444 g/mol. The van der Waals surface area contributed by atoms with Crippen molar-refractivity contribution in [3.05, 3.63) is 56.5 Å². The molecule has 1 amide bonds. The Labute approximate surface area is 150 Å². The van der Waals surface area contributed by atoms with Crippen LogP contribution in [0.25, 0.3) is 0 Å². The van der Waals surface area contributed by atoms with Crippen molar-refractivity contribution < 1.29 is 9.90 Å². The predicted octanol–water partition coefficient (Wildman–Crippen LogP) is 4.35. The number of anilines is 1. The third-order valence-electron chi connectivity index (χ3n) is 2.85. The van der Waals surface area contributed by atoms with E-state index in [2.05, 4.69) is 42.5 Å². The largest absolute Gasteiger partial charge is 0.506 e. The standard InChI is InChI=1S/C15H12Br2N2O2S/c1-8-6-11(7-12(17)13(8)20)18-15(22)19-14(21)9-2-4-10(16)5-3-9/h2-7,20H,1H3,(H2,18,19,21,22). The van der Waals surface area contributed by atoms with Crippen molar-refractivity contribution in [1.82, 2.24) is 5.32 Å². The van der Waals surface area contributed by atoms with E-state index in [4.69, 9.17) is 12.2 Å². The van der Waals surface area contributed by atoms with Crippen molar-refractivity contribution in [1.29, 1.82) is 0 Å². The van der Waals surface area contributed by atoms with Gasteiger partial charge in [-0.1, -0.05) is 15.9 Å². The Bertz CT molecular complexity index is 710. The maximum Gasteiger partial charge on any atom is 0.257 e. The van der Waals surface area contributed by atoms with E-state index in [9.17, 15) is 9.90 Å². The second-order valence-corrected chi connectivity index (χ2v) is 6.72. The van der Waals surface area contributed by atoms with Gasteiger partial charge in [-0.25, -0.2) is 0 Å². The highest BCUT2D eigenvalue weighted by molar-refractivity contribution is 9.10. The van der Waals surface area contributed by atoms with Gasteiger partial charge in [0.25, 0.3) is 5.91 Å². The van der Waals surface area contributed by atoms with Gasteiger partial charge in [-0.15, -0.1) is 0 Å². The van der Waals surface area contributed by atoms with Crippen molar-refractivity contribution in [2.24, 2.45) is 0 Å². The molecule has 0 aliphatic rings. The molecule has 0 radical (unpaired) electrons. The lowest BCUT2D eigenvalue weighted by molar-refractivity contribution is 0.0977. The van der Waals surface area contributed by atoms with Crippen molar-refractivity contribution in [2.45, 2.75) is 6.92 Å². The van der Waals surface area contributed by atoms with E-state index in [1.54, 1.807) is 43.3 Å². The van der Waals surface area contributed by atoms with Gasteiger partial charge in [0.15, 0.2) is 5.11 Å². The highest BCUT2D eigenvalue weighted by Gasteiger charge is 2.09. The zero-order chi connectivity index (χ0) is 16.3. The first-order valence-corrected chi connectivity index (χ1v) is 8.23. The highest BCUT2D eigenvalue weighted by Crippen LogP contribution is 2.30. The van der Waals surface area contributed by atoms with Crippen LogP contribution in [0.5, 0.6) is 5.75 Å². The molecule has 0 spiro atoms. The number of aryl methyl sites for hydroxylation is 1. The quantitative estimate of drug-likeness (QED) is 0.476. The number of phenolic OH excluding ortho intramolecular Hbond substituents is 1. The van der Waals surface area contributed by atoms with Crippen LogP contribution in [0.2, 0.25) is 0 Å². The fourth-order valence-electron chi connectivity index (χ4n) is 1.75. The van der Waals surface area contributed by atoms with Crippen molar-refractivity contribution in [3.63, 3.8) is 0 Å². The Morgan fingerprint density at radius 1 is 1.18 bits per heavy atom. The van der Waals surface area contributed by atoms with Crippen molar-refractivity contribution in [2.75, 3.05) is 5.32 Å². The first-order valence-electron chi connectivity index (χ1n) is 6.24. The minimum Gasteiger partial charge on any atom is -0.506 e. The van der Waals surface area contributed by atoms with E-state index < -0.39 is 0 Å². The summed E-state index contributed by atoms with van der Waals surface area (Å²) in [5, 5.41) is 15.4. The molecule has 2 rings (SSSR count). The van der Waals surface area contributed by atoms with E-state index in [-0.39, 0.29) is 16.8 Å². The Balaban J connectivity index is 2.04. The molecule has 0 aromatic heterocycles. The lowest BCUT2D eigenvalue weighted by Crippen LogP contribution is -2.34. The normalized spacial score (nSPS) is 10.1. The lowest BCUT2D eigenvalue weighted by atomic mass is 10.2. The zero-order valence-corrected chi connectivity index (χ0v) is 15.5. The predicted molar refractivity (Wildman–Crippen MR) is 98.4 cm³/mol. The Morgan fingerprint density at radius 2 is 1.82 bits per heavy atom. The fourth-order valence-corrected chi connectivity index (χ4v) is 2.78. The number of carbonyl (C=O) groups is 1. The van der Waals surface area contributed by atoms with E-state index in [0.29, 0.717) is 21.3 Å². The number of benzene rings is 2. The van der Waals surface area contributed by atoms with Gasteiger partial charge in [-0.2, -0.15) is 0 Å².